The lowest BCUT2D eigenvalue weighted by Gasteiger charge is -2.43. The van der Waals surface area contributed by atoms with Crippen molar-refractivity contribution in [3.05, 3.63) is 28.8 Å². The van der Waals surface area contributed by atoms with Crippen molar-refractivity contribution in [2.45, 2.75) is 32.2 Å². The number of hydrogen-bond acceptors (Lipinski definition) is 2. The Morgan fingerprint density at radius 2 is 2.14 bits per heavy atom. The van der Waals surface area contributed by atoms with Gasteiger partial charge in [0.2, 0.25) is 0 Å². The molecule has 21 heavy (non-hydrogen) atoms. The van der Waals surface area contributed by atoms with Crippen LogP contribution in [0.4, 0.5) is 10.5 Å². The molecule has 114 valence electrons. The van der Waals surface area contributed by atoms with E-state index in [1.807, 2.05) is 30.0 Å². The first-order valence-corrected chi connectivity index (χ1v) is 8.07. The highest BCUT2D eigenvalue weighted by atomic mass is 35.5. The van der Waals surface area contributed by atoms with Gasteiger partial charge in [-0.2, -0.15) is 0 Å². The Kier molecular flexibility index (Phi) is 4.36. The third-order valence-electron chi connectivity index (χ3n) is 4.57. The Labute approximate surface area is 131 Å². The number of carbonyl (C=O) groups excluding carboxylic acids is 1. The van der Waals surface area contributed by atoms with Crippen molar-refractivity contribution in [2.24, 2.45) is 0 Å². The fraction of sp³-hybridized carbons (Fsp3) is 0.562. The zero-order valence-electron chi connectivity index (χ0n) is 12.4. The van der Waals surface area contributed by atoms with Crippen LogP contribution in [0.25, 0.3) is 0 Å². The van der Waals surface area contributed by atoms with Gasteiger partial charge in [-0.25, -0.2) is 4.79 Å². The molecule has 2 aliphatic heterocycles. The number of piperazine rings is 1. The Morgan fingerprint density at radius 1 is 1.29 bits per heavy atom. The zero-order chi connectivity index (χ0) is 14.8. The molecule has 0 spiro atoms. The first-order valence-electron chi connectivity index (χ1n) is 7.69. The fourth-order valence-corrected chi connectivity index (χ4v) is 3.44. The summed E-state index contributed by atoms with van der Waals surface area (Å²) in [6.07, 6.45) is 3.79. The van der Waals surface area contributed by atoms with E-state index in [2.05, 4.69) is 10.2 Å². The molecular weight excluding hydrogens is 286 g/mol. The highest BCUT2D eigenvalue weighted by Gasteiger charge is 2.31. The van der Waals surface area contributed by atoms with Gasteiger partial charge in [0.25, 0.3) is 0 Å². The smallest absolute Gasteiger partial charge is 0.321 e. The van der Waals surface area contributed by atoms with E-state index in [9.17, 15) is 4.79 Å². The minimum absolute atomic E-state index is 0.00871. The second-order valence-electron chi connectivity index (χ2n) is 6.02. The molecule has 1 atom stereocenters. The number of aryl methyl sites for hydroxylation is 1. The minimum atomic E-state index is -0.00871. The molecule has 1 unspecified atom stereocenters. The summed E-state index contributed by atoms with van der Waals surface area (Å²) in [5.41, 5.74) is 1.84. The molecule has 0 bridgehead atoms. The number of halogens is 1. The molecule has 4 nitrogen and oxygen atoms in total. The molecule has 1 aromatic rings. The summed E-state index contributed by atoms with van der Waals surface area (Å²) in [4.78, 5) is 16.9. The number of carbonyl (C=O) groups is 1. The van der Waals surface area contributed by atoms with E-state index in [-0.39, 0.29) is 6.03 Å². The lowest BCUT2D eigenvalue weighted by Crippen LogP contribution is -2.56. The number of urea groups is 1. The molecular formula is C16H22ClN3O. The van der Waals surface area contributed by atoms with Gasteiger partial charge in [0, 0.05) is 36.4 Å². The van der Waals surface area contributed by atoms with Gasteiger partial charge in [0.05, 0.1) is 0 Å². The molecule has 2 heterocycles. The van der Waals surface area contributed by atoms with Crippen LogP contribution in [0, 0.1) is 6.92 Å². The lowest BCUT2D eigenvalue weighted by molar-refractivity contribution is 0.0678. The maximum absolute atomic E-state index is 12.5. The highest BCUT2D eigenvalue weighted by molar-refractivity contribution is 6.31. The quantitative estimate of drug-likeness (QED) is 0.863. The summed E-state index contributed by atoms with van der Waals surface area (Å²) in [7, 11) is 0. The van der Waals surface area contributed by atoms with Gasteiger partial charge in [-0.3, -0.25) is 4.90 Å². The summed E-state index contributed by atoms with van der Waals surface area (Å²) in [5.74, 6) is 0. The van der Waals surface area contributed by atoms with Gasteiger partial charge in [-0.1, -0.05) is 24.1 Å². The van der Waals surface area contributed by atoms with Gasteiger partial charge >= 0.3 is 6.03 Å². The van der Waals surface area contributed by atoms with E-state index >= 15 is 0 Å². The predicted octanol–water partition coefficient (Wildman–Crippen LogP) is 3.35. The monoisotopic (exact) mass is 307 g/mol. The second kappa shape index (κ2) is 6.24. The molecule has 2 amide bonds. The molecule has 0 radical (unpaired) electrons. The number of rotatable bonds is 1. The van der Waals surface area contributed by atoms with E-state index in [0.717, 1.165) is 30.9 Å². The Bertz CT molecular complexity index is 534. The van der Waals surface area contributed by atoms with E-state index < -0.39 is 0 Å². The summed E-state index contributed by atoms with van der Waals surface area (Å²) < 4.78 is 0. The molecule has 3 rings (SSSR count). The number of amides is 2. The molecule has 1 aromatic carbocycles. The largest absolute Gasteiger partial charge is 0.322 e. The number of benzene rings is 1. The van der Waals surface area contributed by atoms with Crippen molar-refractivity contribution in [1.82, 2.24) is 9.80 Å². The van der Waals surface area contributed by atoms with Gasteiger partial charge in [0.15, 0.2) is 0 Å². The average Bonchev–Trinajstić information content (AvgIpc) is 2.50. The van der Waals surface area contributed by atoms with Gasteiger partial charge in [0.1, 0.15) is 0 Å². The van der Waals surface area contributed by atoms with Crippen molar-refractivity contribution in [1.29, 1.82) is 0 Å². The summed E-state index contributed by atoms with van der Waals surface area (Å²) in [5, 5.41) is 3.65. The van der Waals surface area contributed by atoms with Gasteiger partial charge < -0.3 is 10.2 Å². The number of nitrogens with one attached hydrogen (secondary N) is 1. The number of piperidine rings is 1. The SMILES string of the molecule is Cc1ccc(Cl)cc1NC(=O)N1CCN2CCCCC2C1. The zero-order valence-corrected chi connectivity index (χ0v) is 13.2. The van der Waals surface area contributed by atoms with Crippen LogP contribution in [-0.4, -0.2) is 48.1 Å². The Morgan fingerprint density at radius 3 is 3.00 bits per heavy atom. The van der Waals surface area contributed by atoms with Crippen LogP contribution in [0.2, 0.25) is 5.02 Å². The normalized spacial score (nSPS) is 22.8. The first-order chi connectivity index (χ1) is 10.1. The third-order valence-corrected chi connectivity index (χ3v) is 4.80. The first kappa shape index (κ1) is 14.7. The maximum atomic E-state index is 12.5. The molecule has 1 N–H and O–H groups in total. The third kappa shape index (κ3) is 3.33. The summed E-state index contributed by atoms with van der Waals surface area (Å²) >= 11 is 6.01. The van der Waals surface area contributed by atoms with Crippen LogP contribution >= 0.6 is 11.6 Å². The van der Waals surface area contributed by atoms with Crippen LogP contribution in [0.5, 0.6) is 0 Å². The van der Waals surface area contributed by atoms with Crippen LogP contribution < -0.4 is 5.32 Å². The van der Waals surface area contributed by atoms with E-state index in [0.29, 0.717) is 11.1 Å². The highest BCUT2D eigenvalue weighted by Crippen LogP contribution is 2.23. The molecule has 2 aliphatic rings. The number of nitrogens with zero attached hydrogens (tertiary/aromatic N) is 2. The standard InChI is InChI=1S/C16H22ClN3O/c1-12-5-6-13(17)10-15(12)18-16(21)20-9-8-19-7-3-2-4-14(19)11-20/h5-6,10,14H,2-4,7-9,11H2,1H3,(H,18,21). The molecule has 2 fully saturated rings. The minimum Gasteiger partial charge on any atom is -0.322 e. The van der Waals surface area contributed by atoms with Crippen molar-refractivity contribution >= 4 is 23.3 Å². The van der Waals surface area contributed by atoms with Crippen LogP contribution in [-0.2, 0) is 0 Å². The summed E-state index contributed by atoms with van der Waals surface area (Å²) in [6, 6.07) is 6.11. The van der Waals surface area contributed by atoms with E-state index in [4.69, 9.17) is 11.6 Å². The Hall–Kier alpha value is -1.26. The van der Waals surface area contributed by atoms with Crippen molar-refractivity contribution < 1.29 is 4.79 Å². The lowest BCUT2D eigenvalue weighted by atomic mass is 10.00. The fourth-order valence-electron chi connectivity index (χ4n) is 3.26. The number of fused-ring (bicyclic) bond motifs is 1. The summed E-state index contributed by atoms with van der Waals surface area (Å²) in [6.45, 7) is 5.80. The topological polar surface area (TPSA) is 35.6 Å². The number of hydrogen-bond donors (Lipinski definition) is 1. The van der Waals surface area contributed by atoms with Crippen LogP contribution in [0.1, 0.15) is 24.8 Å². The molecule has 0 aliphatic carbocycles. The van der Waals surface area contributed by atoms with E-state index in [1.165, 1.54) is 25.8 Å². The van der Waals surface area contributed by atoms with Crippen LogP contribution in [0.15, 0.2) is 18.2 Å². The van der Waals surface area contributed by atoms with Crippen molar-refractivity contribution in [3.63, 3.8) is 0 Å². The van der Waals surface area contributed by atoms with Crippen LogP contribution in [0.3, 0.4) is 0 Å². The predicted molar refractivity (Wildman–Crippen MR) is 86.0 cm³/mol. The van der Waals surface area contributed by atoms with Gasteiger partial charge in [-0.15, -0.1) is 0 Å². The molecule has 0 aromatic heterocycles. The maximum Gasteiger partial charge on any atom is 0.321 e. The Balaban J connectivity index is 1.64. The second-order valence-corrected chi connectivity index (χ2v) is 6.46. The van der Waals surface area contributed by atoms with Crippen molar-refractivity contribution in [3.8, 4) is 0 Å². The molecule has 2 saturated heterocycles. The van der Waals surface area contributed by atoms with Gasteiger partial charge in [-0.05, 0) is 44.0 Å². The van der Waals surface area contributed by atoms with E-state index in [1.54, 1.807) is 0 Å². The molecule has 0 saturated carbocycles. The average molecular weight is 308 g/mol. The molecule has 5 heteroatoms. The number of anilines is 1. The van der Waals surface area contributed by atoms with Crippen molar-refractivity contribution in [2.75, 3.05) is 31.5 Å².